The molecule has 1 aliphatic carbocycles. The Morgan fingerprint density at radius 3 is 1.66 bits per heavy atom. The van der Waals surface area contributed by atoms with E-state index in [4.69, 9.17) is 0 Å². The molecule has 1 aromatic heterocycles. The summed E-state index contributed by atoms with van der Waals surface area (Å²) in [6.45, 7) is 25.7. The van der Waals surface area contributed by atoms with Crippen molar-refractivity contribution in [3.63, 3.8) is 0 Å². The molecule has 0 radical (unpaired) electrons. The SMILES string of the molecule is CC(C)(C)c1ccc(-c2cccc(N3C4=C(B5c6ccc(-n7c8ccc(C(C)(C)C)cc8c8cc(C(C)(C)C)ccc87)cc6N(c6ccc7ccccc7c6)c6cccc3c65)C(C)(C)c3ccccc34)c2)cc1. The standard InChI is InChI=1S/C69H64BN3/c1-66(2,3)47-29-26-44(27-30-47)46-20-16-21-50(38-46)73-61-25-17-24-60-63(61)70(65-64(73)53-22-14-15-23-56(53)69(65,10)11)57-35-34-52(42-62(57)72(60)51-33-28-43-18-12-13-19-45(43)39-51)71-58-36-31-48(67(4,5)6)40-54(58)55-41-49(68(7,8)9)32-37-59(55)71/h12-42H,1-11H3. The third-order valence-electron chi connectivity index (χ3n) is 16.6. The van der Waals surface area contributed by atoms with Crippen molar-refractivity contribution < 1.29 is 0 Å². The summed E-state index contributed by atoms with van der Waals surface area (Å²) in [5.74, 6) is 0. The second kappa shape index (κ2) is 15.7. The Hall–Kier alpha value is -7.56. The van der Waals surface area contributed by atoms with Crippen LogP contribution in [-0.2, 0) is 21.7 Å². The molecule has 13 rings (SSSR count). The van der Waals surface area contributed by atoms with Crippen LogP contribution < -0.4 is 20.7 Å². The molecule has 0 atom stereocenters. The molecule has 9 aromatic carbocycles. The lowest BCUT2D eigenvalue weighted by Gasteiger charge is -2.46. The van der Waals surface area contributed by atoms with E-state index in [2.05, 4.69) is 279 Å². The number of hydrogen-bond donors (Lipinski definition) is 0. The van der Waals surface area contributed by atoms with E-state index in [1.54, 1.807) is 0 Å². The van der Waals surface area contributed by atoms with Crippen LogP contribution in [0.5, 0.6) is 0 Å². The second-order valence-electron chi connectivity index (χ2n) is 24.7. The molecule has 0 amide bonds. The highest BCUT2D eigenvalue weighted by Gasteiger charge is 2.53. The summed E-state index contributed by atoms with van der Waals surface area (Å²) < 4.78 is 2.53. The van der Waals surface area contributed by atoms with E-state index in [0.717, 1.165) is 11.4 Å². The number of fused-ring (bicyclic) bond motifs is 9. The molecule has 0 spiro atoms. The summed E-state index contributed by atoms with van der Waals surface area (Å²) in [7, 11) is 0. The van der Waals surface area contributed by atoms with Crippen LogP contribution in [0, 0.1) is 0 Å². The van der Waals surface area contributed by atoms with Crippen molar-refractivity contribution in [2.75, 3.05) is 9.80 Å². The summed E-state index contributed by atoms with van der Waals surface area (Å²) in [4.78, 5) is 5.19. The maximum Gasteiger partial charge on any atom is 0.248 e. The molecular formula is C69H64BN3. The summed E-state index contributed by atoms with van der Waals surface area (Å²) >= 11 is 0. The maximum absolute atomic E-state index is 2.61. The first-order valence-corrected chi connectivity index (χ1v) is 26.4. The van der Waals surface area contributed by atoms with Gasteiger partial charge in [-0.15, -0.1) is 0 Å². The Morgan fingerprint density at radius 2 is 0.986 bits per heavy atom. The molecule has 3 heterocycles. The van der Waals surface area contributed by atoms with Gasteiger partial charge in [0.1, 0.15) is 0 Å². The Morgan fingerprint density at radius 1 is 0.411 bits per heavy atom. The molecule has 0 saturated carbocycles. The van der Waals surface area contributed by atoms with Crippen LogP contribution in [0.2, 0.25) is 0 Å². The lowest BCUT2D eigenvalue weighted by Crippen LogP contribution is -2.57. The van der Waals surface area contributed by atoms with Crippen molar-refractivity contribution in [3.8, 4) is 16.8 Å². The Kier molecular flexibility index (Phi) is 9.76. The minimum atomic E-state index is -0.274. The first-order chi connectivity index (χ1) is 34.9. The van der Waals surface area contributed by atoms with E-state index in [-0.39, 0.29) is 28.4 Å². The molecule has 73 heavy (non-hydrogen) atoms. The van der Waals surface area contributed by atoms with Crippen molar-refractivity contribution >= 4 is 84.4 Å². The van der Waals surface area contributed by atoms with Gasteiger partial charge in [-0.05, 0) is 144 Å². The zero-order valence-electron chi connectivity index (χ0n) is 44.3. The van der Waals surface area contributed by atoms with Crippen molar-refractivity contribution in [1.82, 2.24) is 4.57 Å². The van der Waals surface area contributed by atoms with Crippen LogP contribution in [0.3, 0.4) is 0 Å². The highest BCUT2D eigenvalue weighted by Crippen LogP contribution is 2.56. The monoisotopic (exact) mass is 946 g/mol. The van der Waals surface area contributed by atoms with Gasteiger partial charge in [-0.25, -0.2) is 0 Å². The fourth-order valence-corrected chi connectivity index (χ4v) is 12.7. The van der Waals surface area contributed by atoms with Gasteiger partial charge in [0.2, 0.25) is 6.71 Å². The van der Waals surface area contributed by atoms with Gasteiger partial charge in [-0.1, -0.05) is 197 Å². The predicted octanol–water partition coefficient (Wildman–Crippen LogP) is 17.3. The van der Waals surface area contributed by atoms with Crippen molar-refractivity contribution in [1.29, 1.82) is 0 Å². The molecule has 0 fully saturated rings. The van der Waals surface area contributed by atoms with Gasteiger partial charge < -0.3 is 14.4 Å². The van der Waals surface area contributed by atoms with E-state index in [1.165, 1.54) is 116 Å². The van der Waals surface area contributed by atoms with E-state index < -0.39 is 0 Å². The minimum Gasteiger partial charge on any atom is -0.311 e. The molecule has 3 aliphatic rings. The lowest BCUT2D eigenvalue weighted by atomic mass is 9.30. The Bertz CT molecular complexity index is 3880. The summed E-state index contributed by atoms with van der Waals surface area (Å²) in [6.07, 6.45) is 0. The fraction of sp³-hybridized carbons (Fsp3) is 0.217. The Labute approximate surface area is 432 Å². The van der Waals surface area contributed by atoms with Crippen LogP contribution in [0.4, 0.5) is 28.4 Å². The maximum atomic E-state index is 2.61. The molecule has 0 N–H and O–H groups in total. The zero-order valence-corrected chi connectivity index (χ0v) is 44.3. The van der Waals surface area contributed by atoms with Crippen LogP contribution in [0.15, 0.2) is 194 Å². The van der Waals surface area contributed by atoms with Crippen LogP contribution >= 0.6 is 0 Å². The summed E-state index contributed by atoms with van der Waals surface area (Å²) in [5.41, 5.74) is 24.0. The molecule has 358 valence electrons. The average Bonchev–Trinajstić information content (AvgIpc) is 3.82. The van der Waals surface area contributed by atoms with Gasteiger partial charge in [-0.3, -0.25) is 0 Å². The first kappa shape index (κ1) is 45.3. The van der Waals surface area contributed by atoms with Crippen LogP contribution in [0.25, 0.3) is 55.1 Å². The molecular weight excluding hydrogens is 882 g/mol. The summed E-state index contributed by atoms with van der Waals surface area (Å²) in [6, 6.07) is 72.2. The van der Waals surface area contributed by atoms with Gasteiger partial charge in [0.05, 0.1) is 11.0 Å². The van der Waals surface area contributed by atoms with E-state index in [9.17, 15) is 0 Å². The molecule has 0 saturated heterocycles. The number of rotatable bonds is 4. The second-order valence-corrected chi connectivity index (χ2v) is 24.7. The van der Waals surface area contributed by atoms with Gasteiger partial charge in [0.25, 0.3) is 0 Å². The molecule has 0 unspecified atom stereocenters. The van der Waals surface area contributed by atoms with Crippen LogP contribution in [0.1, 0.15) is 104 Å². The smallest absolute Gasteiger partial charge is 0.248 e. The largest absolute Gasteiger partial charge is 0.311 e. The van der Waals surface area contributed by atoms with Gasteiger partial charge in [0.15, 0.2) is 0 Å². The predicted molar refractivity (Wildman–Crippen MR) is 314 cm³/mol. The van der Waals surface area contributed by atoms with Crippen molar-refractivity contribution in [2.24, 2.45) is 0 Å². The average molecular weight is 946 g/mol. The molecule has 2 aliphatic heterocycles. The topological polar surface area (TPSA) is 11.4 Å². The summed E-state index contributed by atoms with van der Waals surface area (Å²) in [5, 5.41) is 5.05. The number of nitrogens with zero attached hydrogens (tertiary/aromatic N) is 3. The minimum absolute atomic E-state index is 0.00410. The van der Waals surface area contributed by atoms with Gasteiger partial charge in [-0.2, -0.15) is 0 Å². The number of benzene rings is 9. The third-order valence-corrected chi connectivity index (χ3v) is 16.6. The number of allylic oxidation sites excluding steroid dienone is 1. The first-order valence-electron chi connectivity index (χ1n) is 26.4. The van der Waals surface area contributed by atoms with Crippen molar-refractivity contribution in [2.45, 2.75) is 97.8 Å². The highest BCUT2D eigenvalue weighted by molar-refractivity contribution is 6.96. The normalized spacial score (nSPS) is 15.0. The zero-order chi connectivity index (χ0) is 50.5. The van der Waals surface area contributed by atoms with Gasteiger partial charge in [0, 0.05) is 61.6 Å². The van der Waals surface area contributed by atoms with Gasteiger partial charge >= 0.3 is 0 Å². The number of hydrogen-bond acceptors (Lipinski definition) is 2. The molecule has 3 nitrogen and oxygen atoms in total. The number of aromatic nitrogens is 1. The fourth-order valence-electron chi connectivity index (χ4n) is 12.7. The number of anilines is 5. The highest BCUT2D eigenvalue weighted by atomic mass is 15.2. The molecule has 10 aromatic rings. The third kappa shape index (κ3) is 6.93. The lowest BCUT2D eigenvalue weighted by molar-refractivity contribution is 0.590. The van der Waals surface area contributed by atoms with Crippen LogP contribution in [-0.4, -0.2) is 11.3 Å². The molecule has 4 heteroatoms. The van der Waals surface area contributed by atoms with E-state index in [1.807, 2.05) is 0 Å². The van der Waals surface area contributed by atoms with E-state index in [0.29, 0.717) is 0 Å². The molecule has 0 bridgehead atoms. The van der Waals surface area contributed by atoms with E-state index >= 15 is 0 Å². The Balaban J connectivity index is 1.08. The quantitative estimate of drug-likeness (QED) is 0.163. The van der Waals surface area contributed by atoms with Crippen molar-refractivity contribution in [3.05, 3.63) is 221 Å².